The maximum absolute atomic E-state index is 13.9. The monoisotopic (exact) mass is 629 g/mol. The lowest BCUT2D eigenvalue weighted by Gasteiger charge is -2.30. The highest BCUT2D eigenvalue weighted by Gasteiger charge is 2.57. The average Bonchev–Trinajstić information content (AvgIpc) is 3.40. The Morgan fingerprint density at radius 1 is 0.929 bits per heavy atom. The van der Waals surface area contributed by atoms with Gasteiger partial charge in [-0.1, -0.05) is 71.1 Å². The van der Waals surface area contributed by atoms with Gasteiger partial charge in [-0.15, -0.1) is 0 Å². The number of carbonyl (C=O) groups excluding carboxylic acids is 3. The first-order chi connectivity index (χ1) is 20.0. The van der Waals surface area contributed by atoms with Crippen molar-refractivity contribution in [3.05, 3.63) is 110 Å². The van der Waals surface area contributed by atoms with Gasteiger partial charge in [0.1, 0.15) is 11.8 Å². The number of thioether (sulfide) groups is 1. The number of hydrogen-bond donors (Lipinski definition) is 1. The Kier molecular flexibility index (Phi) is 7.24. The third-order valence-electron chi connectivity index (χ3n) is 7.07. The number of imide groups is 1. The quantitative estimate of drug-likeness (QED) is 0.273. The van der Waals surface area contributed by atoms with Gasteiger partial charge < -0.3 is 5.32 Å². The molecule has 3 heterocycles. The Morgan fingerprint density at radius 2 is 1.64 bits per heavy atom. The number of amides is 3. The number of fused-ring (bicyclic) bond motifs is 2. The van der Waals surface area contributed by atoms with Crippen LogP contribution in [0.5, 0.6) is 0 Å². The molecule has 1 aromatic heterocycles. The predicted octanol–water partition coefficient (Wildman–Crippen LogP) is 6.02. The van der Waals surface area contributed by atoms with Crippen LogP contribution in [0.1, 0.15) is 21.9 Å². The smallest absolute Gasteiger partial charge is 0.325 e. The highest BCUT2D eigenvalue weighted by atomic mass is 35.5. The molecule has 1 fully saturated rings. The van der Waals surface area contributed by atoms with Crippen LogP contribution in [0.15, 0.2) is 88.7 Å². The topological polar surface area (TPSA) is 88.5 Å². The van der Waals surface area contributed by atoms with E-state index in [1.54, 1.807) is 54.6 Å². The second-order valence-corrected chi connectivity index (χ2v) is 12.3. The maximum atomic E-state index is 13.9. The van der Waals surface area contributed by atoms with Crippen molar-refractivity contribution in [3.8, 4) is 0 Å². The highest BCUT2D eigenvalue weighted by Crippen LogP contribution is 2.54. The number of thiazole rings is 1. The summed E-state index contributed by atoms with van der Waals surface area (Å²) in [5.41, 5.74) is -0.0167. The zero-order valence-corrected chi connectivity index (χ0v) is 23.7. The fraction of sp³-hybridized carbons (Fsp3) is 0.172. The minimum absolute atomic E-state index is 0.176. The van der Waals surface area contributed by atoms with Gasteiger partial charge in [-0.05, 0) is 48.0 Å². The molecule has 13 heteroatoms. The molecule has 1 N–H and O–H groups in total. The Balaban J connectivity index is 1.39. The van der Waals surface area contributed by atoms with Crippen LogP contribution in [-0.4, -0.2) is 27.5 Å². The molecule has 2 aliphatic rings. The molecule has 4 aromatic rings. The number of benzene rings is 3. The lowest BCUT2D eigenvalue weighted by molar-refractivity contribution is -0.137. The van der Waals surface area contributed by atoms with E-state index >= 15 is 0 Å². The van der Waals surface area contributed by atoms with Crippen molar-refractivity contribution < 1.29 is 27.6 Å². The first-order valence-electron chi connectivity index (χ1n) is 12.6. The molecule has 3 atom stereocenters. The lowest BCUT2D eigenvalue weighted by Crippen LogP contribution is -2.33. The van der Waals surface area contributed by atoms with Gasteiger partial charge in [-0.25, -0.2) is 4.90 Å². The normalized spacial score (nSPS) is 19.9. The van der Waals surface area contributed by atoms with Gasteiger partial charge in [0.05, 0.1) is 22.2 Å². The van der Waals surface area contributed by atoms with Gasteiger partial charge in [0.25, 0.3) is 0 Å². The molecule has 0 saturated carbocycles. The van der Waals surface area contributed by atoms with Gasteiger partial charge in [0.2, 0.25) is 17.7 Å². The third kappa shape index (κ3) is 5.03. The van der Waals surface area contributed by atoms with Gasteiger partial charge >= 0.3 is 11.0 Å². The largest absolute Gasteiger partial charge is 0.416 e. The minimum atomic E-state index is -4.66. The van der Waals surface area contributed by atoms with Gasteiger partial charge in [-0.3, -0.25) is 23.7 Å². The number of alkyl halides is 3. The molecule has 2 aliphatic heterocycles. The molecule has 42 heavy (non-hydrogen) atoms. The van der Waals surface area contributed by atoms with E-state index in [1.807, 2.05) is 0 Å². The van der Waals surface area contributed by atoms with Crippen LogP contribution in [0.25, 0.3) is 0 Å². The van der Waals surface area contributed by atoms with Crippen molar-refractivity contribution >= 4 is 63.8 Å². The number of aromatic nitrogens is 1. The first-order valence-corrected chi connectivity index (χ1v) is 14.7. The van der Waals surface area contributed by atoms with Crippen LogP contribution in [0.3, 0.4) is 0 Å². The second-order valence-electron chi connectivity index (χ2n) is 9.69. The van der Waals surface area contributed by atoms with E-state index in [1.165, 1.54) is 10.6 Å². The zero-order valence-electron chi connectivity index (χ0n) is 21.3. The van der Waals surface area contributed by atoms with E-state index in [4.69, 9.17) is 11.6 Å². The minimum Gasteiger partial charge on any atom is -0.325 e. The SMILES string of the molecule is O=C(Cn1c2c(sc1=O)[C@@H](c1ccccc1)C1C(=O)N(c3cccc(C(F)(F)F)c3)C(=O)C1S2)Nc1ccc(Cl)cc1. The van der Waals surface area contributed by atoms with Crippen LogP contribution >= 0.6 is 34.7 Å². The number of nitrogens with zero attached hydrogens (tertiary/aromatic N) is 2. The third-order valence-corrected chi connectivity index (χ3v) is 9.93. The molecule has 7 nitrogen and oxygen atoms in total. The zero-order chi connectivity index (χ0) is 29.8. The van der Waals surface area contributed by atoms with E-state index < -0.39 is 51.4 Å². The van der Waals surface area contributed by atoms with Crippen molar-refractivity contribution in [1.82, 2.24) is 4.57 Å². The van der Waals surface area contributed by atoms with E-state index in [9.17, 15) is 32.3 Å². The van der Waals surface area contributed by atoms with Gasteiger partial charge in [0, 0.05) is 21.5 Å². The molecule has 6 rings (SSSR count). The molecule has 0 bridgehead atoms. The number of halogens is 4. The molecule has 2 unspecified atom stereocenters. The van der Waals surface area contributed by atoms with Crippen LogP contribution in [0, 0.1) is 5.92 Å². The summed E-state index contributed by atoms with van der Waals surface area (Å²) in [6, 6.07) is 19.4. The number of nitrogens with one attached hydrogen (secondary N) is 1. The number of rotatable bonds is 5. The van der Waals surface area contributed by atoms with Crippen LogP contribution in [0.2, 0.25) is 5.02 Å². The van der Waals surface area contributed by atoms with E-state index in [0.29, 0.717) is 26.2 Å². The van der Waals surface area contributed by atoms with Crippen molar-refractivity contribution in [2.75, 3.05) is 10.2 Å². The molecular formula is C29H19ClF3N3O4S2. The van der Waals surface area contributed by atoms with Crippen LogP contribution in [-0.2, 0) is 27.1 Å². The van der Waals surface area contributed by atoms with Crippen molar-refractivity contribution in [1.29, 1.82) is 0 Å². The average molecular weight is 630 g/mol. The van der Waals surface area contributed by atoms with Crippen LogP contribution < -0.4 is 15.1 Å². The Hall–Kier alpha value is -3.87. The lowest BCUT2D eigenvalue weighted by atomic mass is 9.83. The second kappa shape index (κ2) is 10.8. The molecule has 3 aromatic carbocycles. The standard InChI is InChI=1S/C29H19ClF3N3O4S2/c30-17-9-11-18(12-10-17)34-20(37)14-35-27-24(42-28(35)40)21(15-5-2-1-3-6-15)22-23(41-27)26(39)36(25(22)38)19-8-4-7-16(13-19)29(31,32)33/h1-13,21-23H,14H2,(H,34,37)/t21-,22?,23?/m0/s1. The molecule has 0 radical (unpaired) electrons. The summed E-state index contributed by atoms with van der Waals surface area (Å²) in [7, 11) is 0. The molecule has 1 saturated heterocycles. The fourth-order valence-electron chi connectivity index (χ4n) is 5.23. The van der Waals surface area contributed by atoms with Crippen molar-refractivity contribution in [2.24, 2.45) is 5.92 Å². The summed E-state index contributed by atoms with van der Waals surface area (Å²) in [6.07, 6.45) is -4.66. The van der Waals surface area contributed by atoms with E-state index in [0.717, 1.165) is 46.2 Å². The Bertz CT molecular complexity index is 1770. The van der Waals surface area contributed by atoms with Crippen LogP contribution in [0.4, 0.5) is 24.5 Å². The van der Waals surface area contributed by atoms with E-state index in [2.05, 4.69) is 5.32 Å². The van der Waals surface area contributed by atoms with Crippen molar-refractivity contribution in [2.45, 2.75) is 28.9 Å². The first kappa shape index (κ1) is 28.3. The summed E-state index contributed by atoms with van der Waals surface area (Å²) >= 11 is 7.78. The van der Waals surface area contributed by atoms with Crippen molar-refractivity contribution in [3.63, 3.8) is 0 Å². The highest BCUT2D eigenvalue weighted by molar-refractivity contribution is 8.00. The Morgan fingerprint density at radius 3 is 2.33 bits per heavy atom. The van der Waals surface area contributed by atoms with E-state index in [-0.39, 0.29) is 12.2 Å². The molecule has 0 aliphatic carbocycles. The predicted molar refractivity (Wildman–Crippen MR) is 154 cm³/mol. The number of anilines is 2. The molecule has 0 spiro atoms. The summed E-state index contributed by atoms with van der Waals surface area (Å²) in [4.78, 5) is 54.6. The Labute approximate surface area is 249 Å². The summed E-state index contributed by atoms with van der Waals surface area (Å²) in [6.45, 7) is -0.349. The maximum Gasteiger partial charge on any atom is 0.416 e. The van der Waals surface area contributed by atoms with Gasteiger partial charge in [-0.2, -0.15) is 13.2 Å². The molecule has 214 valence electrons. The number of hydrogen-bond acceptors (Lipinski definition) is 6. The molecule has 3 amide bonds. The number of carbonyl (C=O) groups is 3. The molecular weight excluding hydrogens is 611 g/mol. The summed E-state index contributed by atoms with van der Waals surface area (Å²) in [5.74, 6) is -3.52. The fourth-order valence-corrected chi connectivity index (χ4v) is 8.13. The summed E-state index contributed by atoms with van der Waals surface area (Å²) in [5, 5.41) is 2.55. The summed E-state index contributed by atoms with van der Waals surface area (Å²) < 4.78 is 41.6. The van der Waals surface area contributed by atoms with Gasteiger partial charge in [0.15, 0.2) is 0 Å².